The summed E-state index contributed by atoms with van der Waals surface area (Å²) in [5, 5.41) is 5.97. The van der Waals surface area contributed by atoms with Crippen molar-refractivity contribution in [3.05, 3.63) is 75.2 Å². The van der Waals surface area contributed by atoms with Crippen molar-refractivity contribution < 1.29 is 4.79 Å². The predicted molar refractivity (Wildman–Crippen MR) is 109 cm³/mol. The number of pyridine rings is 1. The van der Waals surface area contributed by atoms with Crippen molar-refractivity contribution in [3.8, 4) is 0 Å². The van der Waals surface area contributed by atoms with Gasteiger partial charge in [0.2, 0.25) is 0 Å². The number of hydrogen-bond donors (Lipinski definition) is 2. The molecule has 2 N–H and O–H groups in total. The first-order chi connectivity index (χ1) is 12.9. The summed E-state index contributed by atoms with van der Waals surface area (Å²) in [5.74, 6) is -0.139. The molecule has 0 bridgehead atoms. The summed E-state index contributed by atoms with van der Waals surface area (Å²) in [6.45, 7) is 8.39. The minimum atomic E-state index is -0.157. The van der Waals surface area contributed by atoms with Gasteiger partial charge in [-0.05, 0) is 50.3 Å². The van der Waals surface area contributed by atoms with Crippen LogP contribution >= 0.6 is 0 Å². The molecule has 0 spiro atoms. The number of hydrogen-bond acceptors (Lipinski definition) is 3. The van der Waals surface area contributed by atoms with Gasteiger partial charge in [-0.2, -0.15) is 0 Å². The van der Waals surface area contributed by atoms with Crippen molar-refractivity contribution in [2.24, 2.45) is 0 Å². The Morgan fingerprint density at radius 3 is 2.63 bits per heavy atom. The highest BCUT2D eigenvalue weighted by Crippen LogP contribution is 2.19. The zero-order valence-corrected chi connectivity index (χ0v) is 16.3. The van der Waals surface area contributed by atoms with Crippen LogP contribution in [0.3, 0.4) is 0 Å². The van der Waals surface area contributed by atoms with Crippen molar-refractivity contribution in [3.63, 3.8) is 0 Å². The molecule has 1 fully saturated rings. The molecule has 0 radical (unpaired) electrons. The van der Waals surface area contributed by atoms with E-state index in [2.05, 4.69) is 35.4 Å². The van der Waals surface area contributed by atoms with Gasteiger partial charge in [0.15, 0.2) is 0 Å². The molecule has 1 aliphatic rings. The Kier molecular flexibility index (Phi) is 5.49. The van der Waals surface area contributed by atoms with Crippen LogP contribution in [-0.2, 0) is 6.54 Å². The summed E-state index contributed by atoms with van der Waals surface area (Å²) in [6, 6.07) is 8.06. The van der Waals surface area contributed by atoms with E-state index >= 15 is 0 Å². The fourth-order valence-corrected chi connectivity index (χ4v) is 3.20. The van der Waals surface area contributed by atoms with Crippen LogP contribution in [0.5, 0.6) is 0 Å². The summed E-state index contributed by atoms with van der Waals surface area (Å²) in [6.07, 6.45) is 4.84. The average Bonchev–Trinajstić information content (AvgIpc) is 2.62. The Balaban J connectivity index is 2.01. The highest BCUT2D eigenvalue weighted by atomic mass is 16.2. The number of carbonyl (C=O) groups excluding carboxylic acids is 1. The molecule has 2 aromatic rings. The van der Waals surface area contributed by atoms with E-state index in [1.807, 2.05) is 13.8 Å². The van der Waals surface area contributed by atoms with Crippen LogP contribution in [0, 0.1) is 13.8 Å². The normalized spacial score (nSPS) is 13.7. The minimum absolute atomic E-state index is 0.139. The molecular formula is C22H27N3O2. The van der Waals surface area contributed by atoms with Crippen LogP contribution in [0.4, 0.5) is 0 Å². The van der Waals surface area contributed by atoms with Crippen LogP contribution in [-0.4, -0.2) is 23.6 Å². The average molecular weight is 365 g/mol. The zero-order valence-electron chi connectivity index (χ0n) is 16.3. The zero-order chi connectivity index (χ0) is 19.6. The second kappa shape index (κ2) is 7.82. The first-order valence-electron chi connectivity index (χ1n) is 9.37. The molecule has 1 aliphatic carbocycles. The molecule has 1 aromatic carbocycles. The van der Waals surface area contributed by atoms with Gasteiger partial charge in [0.1, 0.15) is 0 Å². The largest absolute Gasteiger partial charge is 0.388 e. The number of carbonyl (C=O) groups is 1. The highest BCUT2D eigenvalue weighted by Gasteiger charge is 2.21. The van der Waals surface area contributed by atoms with Crippen molar-refractivity contribution >= 4 is 11.6 Å². The van der Waals surface area contributed by atoms with E-state index in [1.54, 1.807) is 23.9 Å². The second-order valence-electron chi connectivity index (χ2n) is 7.34. The molecule has 0 saturated heterocycles. The number of rotatable bonds is 6. The van der Waals surface area contributed by atoms with Crippen molar-refractivity contribution in [1.29, 1.82) is 0 Å². The van der Waals surface area contributed by atoms with Gasteiger partial charge in [-0.25, -0.2) is 0 Å². The summed E-state index contributed by atoms with van der Waals surface area (Å²) in [5.41, 5.74) is 4.58. The number of amides is 1. The summed E-state index contributed by atoms with van der Waals surface area (Å²) in [7, 11) is 1.72. The van der Waals surface area contributed by atoms with Crippen molar-refractivity contribution in [2.75, 3.05) is 7.05 Å². The van der Waals surface area contributed by atoms with E-state index in [-0.39, 0.29) is 17.5 Å². The fourth-order valence-electron chi connectivity index (χ4n) is 3.20. The third-order valence-corrected chi connectivity index (χ3v) is 5.26. The first kappa shape index (κ1) is 19.0. The molecule has 0 atom stereocenters. The molecule has 142 valence electrons. The van der Waals surface area contributed by atoms with Gasteiger partial charge >= 0.3 is 0 Å². The highest BCUT2D eigenvalue weighted by molar-refractivity contribution is 5.95. The molecule has 1 heterocycles. The maximum absolute atomic E-state index is 13.0. The lowest BCUT2D eigenvalue weighted by Gasteiger charge is -2.26. The lowest BCUT2D eigenvalue weighted by atomic mass is 9.93. The van der Waals surface area contributed by atoms with Crippen LogP contribution in [0.25, 0.3) is 5.70 Å². The van der Waals surface area contributed by atoms with Gasteiger partial charge in [-0.15, -0.1) is 0 Å². The monoisotopic (exact) mass is 365 g/mol. The number of nitrogens with zero attached hydrogens (tertiary/aromatic N) is 1. The number of aromatic nitrogens is 1. The quantitative estimate of drug-likeness (QED) is 0.827. The summed E-state index contributed by atoms with van der Waals surface area (Å²) < 4.78 is 1.61. The van der Waals surface area contributed by atoms with Crippen LogP contribution in [0.15, 0.2) is 41.8 Å². The van der Waals surface area contributed by atoms with Crippen LogP contribution in [0.1, 0.15) is 51.9 Å². The summed E-state index contributed by atoms with van der Waals surface area (Å²) in [4.78, 5) is 25.6. The fraction of sp³-hybridized carbons (Fsp3) is 0.364. The predicted octanol–water partition coefficient (Wildman–Crippen LogP) is 2.99. The van der Waals surface area contributed by atoms with E-state index in [0.717, 1.165) is 36.0 Å². The molecular weight excluding hydrogens is 338 g/mol. The van der Waals surface area contributed by atoms with Crippen LogP contribution in [0.2, 0.25) is 0 Å². The Labute approximate surface area is 160 Å². The van der Waals surface area contributed by atoms with Crippen molar-refractivity contribution in [2.45, 2.75) is 45.7 Å². The number of benzene rings is 1. The minimum Gasteiger partial charge on any atom is -0.388 e. The van der Waals surface area contributed by atoms with Crippen LogP contribution < -0.4 is 16.2 Å². The number of nitrogens with one attached hydrogen (secondary N) is 2. The van der Waals surface area contributed by atoms with E-state index in [0.29, 0.717) is 23.4 Å². The lowest BCUT2D eigenvalue weighted by Crippen LogP contribution is -2.40. The standard InChI is InChI=1S/C22H27N3O2/c1-14-8-9-15(2)17(10-14)12-25-13-18(21(26)24-19-6-5-7-19)11-20(22(25)27)16(3)23-4/h8-11,13,19,23H,3,5-7,12H2,1-2,4H3,(H,24,26). The molecule has 5 heteroatoms. The molecule has 5 nitrogen and oxygen atoms in total. The van der Waals surface area contributed by atoms with Gasteiger partial charge < -0.3 is 15.2 Å². The molecule has 1 aromatic heterocycles. The Morgan fingerprint density at radius 1 is 1.26 bits per heavy atom. The molecule has 0 unspecified atom stereocenters. The van der Waals surface area contributed by atoms with Gasteiger partial charge in [-0.3, -0.25) is 9.59 Å². The van der Waals surface area contributed by atoms with E-state index in [4.69, 9.17) is 0 Å². The molecule has 1 amide bonds. The summed E-state index contributed by atoms with van der Waals surface area (Å²) >= 11 is 0. The Bertz CT molecular complexity index is 939. The van der Waals surface area contributed by atoms with E-state index in [1.165, 1.54) is 0 Å². The molecule has 1 saturated carbocycles. The maximum Gasteiger partial charge on any atom is 0.260 e. The first-order valence-corrected chi connectivity index (χ1v) is 9.37. The van der Waals surface area contributed by atoms with Gasteiger partial charge in [0.05, 0.1) is 17.7 Å². The van der Waals surface area contributed by atoms with Crippen molar-refractivity contribution in [1.82, 2.24) is 15.2 Å². The smallest absolute Gasteiger partial charge is 0.260 e. The SMILES string of the molecule is C=C(NC)c1cc(C(=O)NC2CCC2)cn(Cc2cc(C)ccc2C)c1=O. The third-order valence-electron chi connectivity index (χ3n) is 5.26. The second-order valence-corrected chi connectivity index (χ2v) is 7.34. The Hall–Kier alpha value is -2.82. The third kappa shape index (κ3) is 4.13. The van der Waals surface area contributed by atoms with Gasteiger partial charge in [-0.1, -0.05) is 30.3 Å². The Morgan fingerprint density at radius 2 is 2.00 bits per heavy atom. The molecule has 3 rings (SSSR count). The lowest BCUT2D eigenvalue weighted by molar-refractivity contribution is 0.0916. The molecule has 27 heavy (non-hydrogen) atoms. The maximum atomic E-state index is 13.0. The van der Waals surface area contributed by atoms with E-state index in [9.17, 15) is 9.59 Å². The van der Waals surface area contributed by atoms with E-state index < -0.39 is 0 Å². The van der Waals surface area contributed by atoms with Gasteiger partial charge in [0.25, 0.3) is 11.5 Å². The number of aryl methyl sites for hydroxylation is 2. The van der Waals surface area contributed by atoms with Gasteiger partial charge in [0, 0.05) is 25.0 Å². The molecule has 0 aliphatic heterocycles. The topological polar surface area (TPSA) is 63.1 Å².